The number of aromatic carboxylic acids is 1. The number of pyridine rings is 2. The molecule has 10 aromatic carbocycles. The molecule has 7 N–H and O–H groups in total. The van der Waals surface area contributed by atoms with Crippen LogP contribution in [0.2, 0.25) is 0 Å². The maximum Gasteiger partial charge on any atom is 0.339 e. The molecule has 0 saturated carbocycles. The molecule has 0 spiro atoms. The van der Waals surface area contributed by atoms with Crippen LogP contribution in [0.15, 0.2) is 267 Å². The molecule has 137 heavy (non-hydrogen) atoms. The standard InChI is InChI=1S/C25H26N2O6.C19H22O5.C18H20N2O6.C18H20O5.C15H14O4.C8H8O4/c1-17(15-30-2)33-22-12-20(11-21(13-22)32-16-18-7-5-4-6-8-18)24(28)27-23-10-9-19(14-26-23)25(29)31-3;1-14(12-21-2)24-18-10-16(19(20)22-3)9-17(11-18)23-13-15-7-5-4-6-8-15;1-11(10-24-2)26-15-7-13(6-14(21)8-15)17(22)20-16-5-4-12(9-19-16)18(23)25-3;1-13(11-21-2)23-17-9-15(18(19)20)8-16(10-17)22-12-14-6-4-3-5-7-14;1-18-15(17)12-7-13(16)9-14(8-12)19-10-11-5-3-2-4-6-11;1-12-8(11)5-2-6(9)4-7(10)3-5/h4-14,17H,15-16H2,1-3H3,(H,26,27,28);4-11,14H,12-13H2,1-3H3;4-9,11,21H,10H2,1-3H3,(H,19,20,22);3-10,13H,11-12H2,1-2H3,(H,19,20);2-9,16H,10H2,1H3;2-4,9-10H,1H3/t17-;14-;11-;13-;;/m0000../s1. The lowest BCUT2D eigenvalue weighted by Gasteiger charge is -2.16. The zero-order valence-corrected chi connectivity index (χ0v) is 77.7. The molecular formula is C103H110N4O30. The van der Waals surface area contributed by atoms with Crippen molar-refractivity contribution in [2.45, 2.75) is 78.5 Å². The third kappa shape index (κ3) is 39.2. The SMILES string of the molecule is COC(=O)c1cc(O)cc(O)c1.COC(=O)c1cc(O)cc(OCc2ccccc2)c1.COC[C@H](C)Oc1cc(O)cc(C(=O)Nc2ccc(C(=O)OC)cn2)c1.COC[C@H](C)Oc1cc(OCc2ccccc2)cc(C(=O)Nc2ccc(C(=O)OC)cn2)c1.COC[C@H](C)Oc1cc(OCc2ccccc2)cc(C(=O)O)c1.COC[C@H](C)Oc1cc(OCc2ccccc2)cc(C(=O)OC)c1. The van der Waals surface area contributed by atoms with Crippen LogP contribution in [-0.4, -0.2) is 198 Å². The Hall–Kier alpha value is -16.3. The fourth-order valence-electron chi connectivity index (χ4n) is 11.9. The van der Waals surface area contributed by atoms with Crippen LogP contribution in [0.3, 0.4) is 0 Å². The second-order valence-corrected chi connectivity index (χ2v) is 29.4. The highest BCUT2D eigenvalue weighted by Gasteiger charge is 2.21. The molecule has 34 heteroatoms. The second kappa shape index (κ2) is 57.9. The number of anilines is 2. The number of hydrogen-bond acceptors (Lipinski definition) is 31. The first-order valence-corrected chi connectivity index (χ1v) is 42.1. The summed E-state index contributed by atoms with van der Waals surface area (Å²) >= 11 is 0. The fraction of sp³-hybridized carbons (Fsp3) is 0.243. The average Bonchev–Trinajstić information content (AvgIpc) is 0.847. The van der Waals surface area contributed by atoms with Gasteiger partial charge in [0.1, 0.15) is 131 Å². The van der Waals surface area contributed by atoms with Gasteiger partial charge in [-0.15, -0.1) is 0 Å². The van der Waals surface area contributed by atoms with E-state index in [0.29, 0.717) is 116 Å². The van der Waals surface area contributed by atoms with Crippen molar-refractivity contribution in [3.63, 3.8) is 0 Å². The predicted molar refractivity (Wildman–Crippen MR) is 504 cm³/mol. The van der Waals surface area contributed by atoms with Gasteiger partial charge in [-0.3, -0.25) is 9.59 Å². The number of carboxylic acids is 1. The summed E-state index contributed by atoms with van der Waals surface area (Å²) in [4.78, 5) is 102. The Balaban J connectivity index is 0.000000228. The van der Waals surface area contributed by atoms with Crippen LogP contribution in [-0.2, 0) is 69.1 Å². The van der Waals surface area contributed by atoms with Crippen molar-refractivity contribution in [1.82, 2.24) is 9.97 Å². The lowest BCUT2D eigenvalue weighted by molar-refractivity contribution is 0.0590. The molecular weight excluding hydrogens is 1770 g/mol. The molecule has 0 bridgehead atoms. The number of nitrogens with zero attached hydrogens (tertiary/aromatic N) is 2. The first-order chi connectivity index (χ1) is 65.9. The van der Waals surface area contributed by atoms with E-state index in [-0.39, 0.29) is 86.6 Å². The lowest BCUT2D eigenvalue weighted by Crippen LogP contribution is -2.19. The van der Waals surface area contributed by atoms with Crippen LogP contribution in [0.4, 0.5) is 11.6 Å². The number of esters is 5. The number of nitrogens with one attached hydrogen (secondary N) is 2. The summed E-state index contributed by atoms with van der Waals surface area (Å²) in [7, 11) is 12.8. The largest absolute Gasteiger partial charge is 0.508 e. The van der Waals surface area contributed by atoms with Crippen molar-refractivity contribution in [2.75, 3.05) is 101 Å². The van der Waals surface area contributed by atoms with E-state index in [1.165, 1.54) is 133 Å². The molecule has 2 amide bonds. The number of benzene rings is 10. The predicted octanol–water partition coefficient (Wildman–Crippen LogP) is 16.8. The summed E-state index contributed by atoms with van der Waals surface area (Å²) in [6, 6.07) is 71.6. The summed E-state index contributed by atoms with van der Waals surface area (Å²) in [5.41, 5.74) is 6.00. The number of phenols is 4. The lowest BCUT2D eigenvalue weighted by atomic mass is 10.1. The van der Waals surface area contributed by atoms with Crippen molar-refractivity contribution in [3.8, 4) is 69.0 Å². The van der Waals surface area contributed by atoms with Gasteiger partial charge in [0.2, 0.25) is 0 Å². The maximum atomic E-state index is 12.9. The van der Waals surface area contributed by atoms with Crippen molar-refractivity contribution in [2.24, 2.45) is 0 Å². The summed E-state index contributed by atoms with van der Waals surface area (Å²) in [5, 5.41) is 51.8. The van der Waals surface area contributed by atoms with Crippen molar-refractivity contribution in [3.05, 3.63) is 334 Å². The number of aromatic hydroxyl groups is 4. The van der Waals surface area contributed by atoms with Crippen molar-refractivity contribution >= 4 is 59.3 Å². The van der Waals surface area contributed by atoms with E-state index in [0.717, 1.165) is 28.3 Å². The van der Waals surface area contributed by atoms with E-state index in [1.807, 2.05) is 142 Å². The monoisotopic (exact) mass is 1880 g/mol. The van der Waals surface area contributed by atoms with Crippen LogP contribution < -0.4 is 48.5 Å². The highest BCUT2D eigenvalue weighted by atomic mass is 16.6. The summed E-state index contributed by atoms with van der Waals surface area (Å²) in [5.74, 6) is -0.731. The Kier molecular flexibility index (Phi) is 45.5. The van der Waals surface area contributed by atoms with Gasteiger partial charge in [0, 0.05) is 88.4 Å². The molecule has 0 aliphatic rings. The number of methoxy groups -OCH3 is 9. The molecule has 4 atom stereocenters. The minimum atomic E-state index is -1.03. The van der Waals surface area contributed by atoms with Crippen LogP contribution in [0.25, 0.3) is 0 Å². The Morgan fingerprint density at radius 3 is 0.803 bits per heavy atom. The van der Waals surface area contributed by atoms with Gasteiger partial charge in [-0.2, -0.15) is 0 Å². The molecule has 12 rings (SSSR count). The number of rotatable bonds is 38. The van der Waals surface area contributed by atoms with Crippen LogP contribution in [0.1, 0.15) is 133 Å². The number of ether oxygens (including phenoxy) is 17. The zero-order valence-electron chi connectivity index (χ0n) is 77.7. The van der Waals surface area contributed by atoms with Gasteiger partial charge in [0.15, 0.2) is 0 Å². The average molecular weight is 1880 g/mol. The van der Waals surface area contributed by atoms with E-state index >= 15 is 0 Å². The molecule has 722 valence electrons. The molecule has 0 fully saturated rings. The number of carbonyl (C=O) groups excluding carboxylic acids is 7. The minimum Gasteiger partial charge on any atom is -0.508 e. The highest BCUT2D eigenvalue weighted by molar-refractivity contribution is 6.05. The first kappa shape index (κ1) is 108. The number of amides is 2. The van der Waals surface area contributed by atoms with Crippen LogP contribution in [0, 0.1) is 0 Å². The number of phenolic OH excluding ortho intramolecular Hbond substituents is 4. The topological polar surface area (TPSA) is 444 Å². The third-order valence-corrected chi connectivity index (χ3v) is 18.2. The number of carboxylic acid groups (broad SMARTS) is 1. The van der Waals surface area contributed by atoms with Crippen LogP contribution in [0.5, 0.6) is 69.0 Å². The molecule has 2 heterocycles. The molecule has 0 unspecified atom stereocenters. The number of hydrogen-bond donors (Lipinski definition) is 7. The Labute approximate surface area is 792 Å². The van der Waals surface area contributed by atoms with Gasteiger partial charge in [-0.05, 0) is 147 Å². The summed E-state index contributed by atoms with van der Waals surface area (Å²) < 4.78 is 89.1. The zero-order chi connectivity index (χ0) is 99.6. The van der Waals surface area contributed by atoms with E-state index < -0.39 is 47.6 Å². The van der Waals surface area contributed by atoms with Gasteiger partial charge in [-0.1, -0.05) is 121 Å². The van der Waals surface area contributed by atoms with Gasteiger partial charge in [0.05, 0.1) is 95.4 Å². The normalized spacial score (nSPS) is 11.1. The van der Waals surface area contributed by atoms with Crippen LogP contribution >= 0.6 is 0 Å². The van der Waals surface area contributed by atoms with E-state index in [4.69, 9.17) is 71.8 Å². The van der Waals surface area contributed by atoms with Gasteiger partial charge in [-0.25, -0.2) is 38.7 Å². The van der Waals surface area contributed by atoms with Crippen molar-refractivity contribution in [1.29, 1.82) is 0 Å². The summed E-state index contributed by atoms with van der Waals surface area (Å²) in [6.07, 6.45) is 1.83. The smallest absolute Gasteiger partial charge is 0.339 e. The molecule has 34 nitrogen and oxygen atoms in total. The number of carbonyl (C=O) groups is 8. The molecule has 0 aliphatic heterocycles. The van der Waals surface area contributed by atoms with Gasteiger partial charge < -0.3 is 117 Å². The Morgan fingerprint density at radius 2 is 0.504 bits per heavy atom. The van der Waals surface area contributed by atoms with E-state index in [1.54, 1.807) is 77.8 Å². The van der Waals surface area contributed by atoms with Crippen molar-refractivity contribution < 1.29 is 144 Å². The van der Waals surface area contributed by atoms with Gasteiger partial charge >= 0.3 is 35.8 Å². The third-order valence-electron chi connectivity index (χ3n) is 18.2. The highest BCUT2D eigenvalue weighted by Crippen LogP contribution is 2.32. The first-order valence-electron chi connectivity index (χ1n) is 42.1. The Morgan fingerprint density at radius 1 is 0.270 bits per heavy atom. The van der Waals surface area contributed by atoms with Gasteiger partial charge in [0.25, 0.3) is 11.8 Å². The molecule has 12 aromatic rings. The summed E-state index contributed by atoms with van der Waals surface area (Å²) in [6.45, 7) is 10.5. The second-order valence-electron chi connectivity index (χ2n) is 29.4. The molecule has 0 radical (unpaired) electrons. The molecule has 0 aliphatic carbocycles. The van der Waals surface area contributed by atoms with E-state index in [2.05, 4.69) is 39.5 Å². The fourth-order valence-corrected chi connectivity index (χ4v) is 11.9. The maximum absolute atomic E-state index is 12.9. The molecule has 0 saturated heterocycles. The quantitative estimate of drug-likeness (QED) is 0.0140. The van der Waals surface area contributed by atoms with E-state index in [9.17, 15) is 53.7 Å². The molecule has 2 aromatic heterocycles. The Bertz CT molecular complexity index is 5780. The number of aromatic nitrogens is 2. The minimum absolute atomic E-state index is 0.0361.